The summed E-state index contributed by atoms with van der Waals surface area (Å²) in [4.78, 5) is 23.0. The molecule has 4 nitrogen and oxygen atoms in total. The summed E-state index contributed by atoms with van der Waals surface area (Å²) in [5.41, 5.74) is 0.470. The summed E-state index contributed by atoms with van der Waals surface area (Å²) in [6, 6.07) is 10.3. The van der Waals surface area contributed by atoms with Gasteiger partial charge in [-0.25, -0.2) is 4.39 Å². The van der Waals surface area contributed by atoms with Gasteiger partial charge in [-0.3, -0.25) is 9.59 Å². The maximum absolute atomic E-state index is 13.5. The molecule has 22 heavy (non-hydrogen) atoms. The van der Waals surface area contributed by atoms with Crippen molar-refractivity contribution in [3.63, 3.8) is 0 Å². The number of ketones is 1. The van der Waals surface area contributed by atoms with Crippen molar-refractivity contribution in [2.75, 3.05) is 11.9 Å². The fraction of sp³-hybridized carbons (Fsp3) is 0.125. The van der Waals surface area contributed by atoms with Crippen LogP contribution >= 0.6 is 11.6 Å². The second-order valence-electron chi connectivity index (χ2n) is 4.55. The molecule has 0 saturated heterocycles. The van der Waals surface area contributed by atoms with Gasteiger partial charge >= 0.3 is 0 Å². The zero-order valence-electron chi connectivity index (χ0n) is 11.7. The van der Waals surface area contributed by atoms with Gasteiger partial charge in [-0.1, -0.05) is 23.7 Å². The monoisotopic (exact) mass is 321 g/mol. The van der Waals surface area contributed by atoms with Gasteiger partial charge in [-0.05, 0) is 37.3 Å². The number of rotatable bonds is 5. The summed E-state index contributed by atoms with van der Waals surface area (Å²) in [5.74, 6) is -0.837. The fourth-order valence-corrected chi connectivity index (χ4v) is 1.91. The largest absolute Gasteiger partial charge is 0.484 e. The molecular weight excluding hydrogens is 309 g/mol. The van der Waals surface area contributed by atoms with E-state index in [1.807, 2.05) is 0 Å². The predicted molar refractivity (Wildman–Crippen MR) is 82.0 cm³/mol. The van der Waals surface area contributed by atoms with Crippen LogP contribution in [0.1, 0.15) is 17.3 Å². The average molecular weight is 322 g/mol. The SMILES string of the molecule is CC(=O)c1cccc(OCC(=O)Nc2cc(Cl)ccc2F)c1. The van der Waals surface area contributed by atoms with E-state index in [-0.39, 0.29) is 18.1 Å². The van der Waals surface area contributed by atoms with Gasteiger partial charge in [0.25, 0.3) is 5.91 Å². The van der Waals surface area contributed by atoms with Gasteiger partial charge in [0.15, 0.2) is 12.4 Å². The molecule has 0 aromatic heterocycles. The predicted octanol–water partition coefficient (Wildman–Crippen LogP) is 3.70. The molecule has 0 bridgehead atoms. The Labute approximate surface area is 131 Å². The van der Waals surface area contributed by atoms with Crippen molar-refractivity contribution in [2.24, 2.45) is 0 Å². The molecule has 0 unspecified atom stereocenters. The molecule has 2 aromatic rings. The van der Waals surface area contributed by atoms with Crippen LogP contribution in [-0.2, 0) is 4.79 Å². The Morgan fingerprint density at radius 3 is 2.73 bits per heavy atom. The minimum absolute atomic E-state index is 0.0152. The van der Waals surface area contributed by atoms with Crippen LogP contribution in [0.25, 0.3) is 0 Å². The van der Waals surface area contributed by atoms with Gasteiger partial charge < -0.3 is 10.1 Å². The summed E-state index contributed by atoms with van der Waals surface area (Å²) in [5, 5.41) is 2.68. The first-order valence-corrected chi connectivity index (χ1v) is 6.82. The van der Waals surface area contributed by atoms with Crippen LogP contribution in [0, 0.1) is 5.82 Å². The number of ether oxygens (including phenoxy) is 1. The van der Waals surface area contributed by atoms with E-state index in [1.54, 1.807) is 18.2 Å². The number of nitrogens with one attached hydrogen (secondary N) is 1. The second kappa shape index (κ2) is 7.04. The van der Waals surface area contributed by atoms with Crippen molar-refractivity contribution in [3.8, 4) is 5.75 Å². The normalized spacial score (nSPS) is 10.1. The van der Waals surface area contributed by atoms with E-state index in [0.29, 0.717) is 16.3 Å². The lowest BCUT2D eigenvalue weighted by atomic mass is 10.1. The number of Topliss-reactive ketones (excluding diaryl/α,β-unsaturated/α-hetero) is 1. The first-order chi connectivity index (χ1) is 10.5. The molecule has 6 heteroatoms. The van der Waals surface area contributed by atoms with Crippen LogP contribution in [-0.4, -0.2) is 18.3 Å². The molecule has 1 amide bonds. The van der Waals surface area contributed by atoms with Crippen molar-refractivity contribution < 1.29 is 18.7 Å². The molecule has 0 aliphatic heterocycles. The molecule has 2 rings (SSSR count). The van der Waals surface area contributed by atoms with E-state index in [2.05, 4.69) is 5.32 Å². The fourth-order valence-electron chi connectivity index (χ4n) is 1.73. The van der Waals surface area contributed by atoms with Gasteiger partial charge in [-0.15, -0.1) is 0 Å². The maximum atomic E-state index is 13.5. The van der Waals surface area contributed by atoms with E-state index in [9.17, 15) is 14.0 Å². The molecule has 0 radical (unpaired) electrons. The quantitative estimate of drug-likeness (QED) is 0.854. The Morgan fingerprint density at radius 2 is 2.00 bits per heavy atom. The van der Waals surface area contributed by atoms with E-state index in [1.165, 1.54) is 25.1 Å². The Morgan fingerprint density at radius 1 is 1.23 bits per heavy atom. The van der Waals surface area contributed by atoms with Crippen LogP contribution in [0.5, 0.6) is 5.75 Å². The number of halogens is 2. The number of anilines is 1. The third-order valence-corrected chi connectivity index (χ3v) is 3.05. The van der Waals surface area contributed by atoms with E-state index in [0.717, 1.165) is 6.07 Å². The third-order valence-electron chi connectivity index (χ3n) is 2.81. The third kappa shape index (κ3) is 4.30. The molecule has 0 fully saturated rings. The number of benzene rings is 2. The Hall–Kier alpha value is -2.40. The van der Waals surface area contributed by atoms with Crippen molar-refractivity contribution in [1.29, 1.82) is 0 Å². The highest BCUT2D eigenvalue weighted by atomic mass is 35.5. The van der Waals surface area contributed by atoms with Gasteiger partial charge in [-0.2, -0.15) is 0 Å². The molecule has 0 atom stereocenters. The molecule has 1 N–H and O–H groups in total. The molecular formula is C16H13ClFNO3. The van der Waals surface area contributed by atoms with Gasteiger partial charge in [0, 0.05) is 10.6 Å². The summed E-state index contributed by atoms with van der Waals surface area (Å²) >= 11 is 5.74. The van der Waals surface area contributed by atoms with Crippen molar-refractivity contribution in [2.45, 2.75) is 6.92 Å². The summed E-state index contributed by atoms with van der Waals surface area (Å²) in [6.45, 7) is 1.13. The lowest BCUT2D eigenvalue weighted by Crippen LogP contribution is -2.20. The standard InChI is InChI=1S/C16H13ClFNO3/c1-10(20)11-3-2-4-13(7-11)22-9-16(21)19-15-8-12(17)5-6-14(15)18/h2-8H,9H2,1H3,(H,19,21). The van der Waals surface area contributed by atoms with Gasteiger partial charge in [0.1, 0.15) is 11.6 Å². The first-order valence-electron chi connectivity index (χ1n) is 6.44. The lowest BCUT2D eigenvalue weighted by Gasteiger charge is -2.09. The van der Waals surface area contributed by atoms with Crippen LogP contribution < -0.4 is 10.1 Å². The van der Waals surface area contributed by atoms with E-state index < -0.39 is 11.7 Å². The van der Waals surface area contributed by atoms with E-state index in [4.69, 9.17) is 16.3 Å². The second-order valence-corrected chi connectivity index (χ2v) is 4.98. The smallest absolute Gasteiger partial charge is 0.262 e. The average Bonchev–Trinajstić information content (AvgIpc) is 2.49. The molecule has 2 aromatic carbocycles. The van der Waals surface area contributed by atoms with Crippen molar-refractivity contribution >= 4 is 29.0 Å². The van der Waals surface area contributed by atoms with Gasteiger partial charge in [0.05, 0.1) is 5.69 Å². The lowest BCUT2D eigenvalue weighted by molar-refractivity contribution is -0.118. The maximum Gasteiger partial charge on any atom is 0.262 e. The van der Waals surface area contributed by atoms with E-state index >= 15 is 0 Å². The minimum Gasteiger partial charge on any atom is -0.484 e. The highest BCUT2D eigenvalue weighted by molar-refractivity contribution is 6.30. The van der Waals surface area contributed by atoms with Crippen LogP contribution in [0.4, 0.5) is 10.1 Å². The molecule has 0 saturated carbocycles. The summed E-state index contributed by atoms with van der Waals surface area (Å²) in [6.07, 6.45) is 0. The Kier molecular flexibility index (Phi) is 5.12. The van der Waals surface area contributed by atoms with Crippen LogP contribution in [0.15, 0.2) is 42.5 Å². The summed E-state index contributed by atoms with van der Waals surface area (Å²) in [7, 11) is 0. The number of carbonyl (C=O) groups excluding carboxylic acids is 2. The zero-order valence-corrected chi connectivity index (χ0v) is 12.5. The highest BCUT2D eigenvalue weighted by Crippen LogP contribution is 2.19. The Bertz CT molecular complexity index is 718. The van der Waals surface area contributed by atoms with Crippen LogP contribution in [0.3, 0.4) is 0 Å². The number of amides is 1. The van der Waals surface area contributed by atoms with Crippen molar-refractivity contribution in [3.05, 3.63) is 58.9 Å². The number of carbonyl (C=O) groups is 2. The molecule has 0 spiro atoms. The number of hydrogen-bond donors (Lipinski definition) is 1. The zero-order chi connectivity index (χ0) is 16.1. The van der Waals surface area contributed by atoms with Crippen molar-refractivity contribution in [1.82, 2.24) is 0 Å². The molecule has 0 heterocycles. The summed E-state index contributed by atoms with van der Waals surface area (Å²) < 4.78 is 18.8. The minimum atomic E-state index is -0.587. The highest BCUT2D eigenvalue weighted by Gasteiger charge is 2.09. The Balaban J connectivity index is 1.97. The first kappa shape index (κ1) is 16.0. The topological polar surface area (TPSA) is 55.4 Å². The van der Waals surface area contributed by atoms with Gasteiger partial charge in [0.2, 0.25) is 0 Å². The number of hydrogen-bond acceptors (Lipinski definition) is 3. The molecule has 0 aliphatic rings. The molecule has 0 aliphatic carbocycles. The van der Waals surface area contributed by atoms with Crippen LogP contribution in [0.2, 0.25) is 5.02 Å². The molecule has 114 valence electrons.